The average Bonchev–Trinajstić information content (AvgIpc) is 3.59. The molecule has 1 aliphatic rings. The first-order chi connectivity index (χ1) is 28.3. The summed E-state index contributed by atoms with van der Waals surface area (Å²) < 4.78 is 0. The number of aromatic nitrogens is 2. The van der Waals surface area contributed by atoms with Crippen molar-refractivity contribution in [2.45, 2.75) is 5.41 Å². The maximum atomic E-state index is 5.34. The predicted octanol–water partition coefficient (Wildman–Crippen LogP) is 13.8. The molecular weight excluding hydrogens is 689 g/mol. The molecule has 0 N–H and O–H groups in total. The average molecular weight is 725 g/mol. The Morgan fingerprint density at radius 1 is 0.298 bits per heavy atom. The Bertz CT molecular complexity index is 3070. The van der Waals surface area contributed by atoms with E-state index in [0.29, 0.717) is 5.82 Å². The van der Waals surface area contributed by atoms with Crippen molar-refractivity contribution in [1.82, 2.24) is 9.97 Å². The molecule has 2 nitrogen and oxygen atoms in total. The number of hydrogen-bond acceptors (Lipinski definition) is 2. The number of fused-ring (bicyclic) bond motifs is 5. The molecule has 9 aromatic carbocycles. The molecule has 0 bridgehead atoms. The highest BCUT2D eigenvalue weighted by Gasteiger charge is 2.46. The first kappa shape index (κ1) is 33.0. The monoisotopic (exact) mass is 724 g/mol. The van der Waals surface area contributed by atoms with Crippen molar-refractivity contribution >= 4 is 21.5 Å². The van der Waals surface area contributed by atoms with E-state index in [1.165, 1.54) is 55.3 Å². The molecule has 0 aliphatic heterocycles. The maximum absolute atomic E-state index is 5.34. The van der Waals surface area contributed by atoms with Gasteiger partial charge in [0.15, 0.2) is 5.82 Å². The minimum atomic E-state index is -0.426. The van der Waals surface area contributed by atoms with Crippen LogP contribution in [0.4, 0.5) is 0 Å². The molecule has 1 aliphatic carbocycles. The molecule has 11 rings (SSSR count). The van der Waals surface area contributed by atoms with Crippen LogP contribution in [0.1, 0.15) is 22.3 Å². The van der Waals surface area contributed by atoms with E-state index in [1.807, 2.05) is 6.07 Å². The van der Waals surface area contributed by atoms with Gasteiger partial charge in [-0.1, -0.05) is 206 Å². The molecule has 0 unspecified atom stereocenters. The summed E-state index contributed by atoms with van der Waals surface area (Å²) in [4.78, 5) is 10.5. The fraction of sp³-hybridized carbons (Fsp3) is 0.0182. The largest absolute Gasteiger partial charge is 0.228 e. The Hall–Kier alpha value is -7.42. The predicted molar refractivity (Wildman–Crippen MR) is 236 cm³/mol. The van der Waals surface area contributed by atoms with Gasteiger partial charge in [-0.15, -0.1) is 0 Å². The molecule has 1 aromatic heterocycles. The molecule has 0 amide bonds. The number of hydrogen-bond donors (Lipinski definition) is 0. The summed E-state index contributed by atoms with van der Waals surface area (Å²) >= 11 is 0. The third-order valence-corrected chi connectivity index (χ3v) is 11.8. The molecule has 0 spiro atoms. The van der Waals surface area contributed by atoms with E-state index in [2.05, 4.69) is 212 Å². The van der Waals surface area contributed by atoms with E-state index in [-0.39, 0.29) is 0 Å². The van der Waals surface area contributed by atoms with Gasteiger partial charge in [-0.05, 0) is 78.2 Å². The molecule has 57 heavy (non-hydrogen) atoms. The summed E-state index contributed by atoms with van der Waals surface area (Å²) in [5, 5.41) is 4.64. The number of benzene rings is 9. The molecule has 0 atom stereocenters. The number of rotatable bonds is 6. The van der Waals surface area contributed by atoms with Crippen LogP contribution in [-0.2, 0) is 5.41 Å². The Morgan fingerprint density at radius 2 is 0.842 bits per heavy atom. The zero-order chi connectivity index (χ0) is 37.8. The molecule has 0 saturated heterocycles. The Balaban J connectivity index is 1.10. The van der Waals surface area contributed by atoms with Crippen LogP contribution in [0.5, 0.6) is 0 Å². The highest BCUT2D eigenvalue weighted by molar-refractivity contribution is 6.06. The Labute approximate surface area is 332 Å². The molecule has 10 aromatic rings. The molecule has 0 fully saturated rings. The quantitative estimate of drug-likeness (QED) is 0.171. The molecule has 1 heterocycles. The van der Waals surface area contributed by atoms with Crippen LogP contribution >= 0.6 is 0 Å². The van der Waals surface area contributed by atoms with Crippen LogP contribution in [-0.4, -0.2) is 9.97 Å². The summed E-state index contributed by atoms with van der Waals surface area (Å²) in [6.45, 7) is 0. The van der Waals surface area contributed by atoms with Crippen LogP contribution in [0.2, 0.25) is 0 Å². The van der Waals surface area contributed by atoms with E-state index in [1.54, 1.807) is 0 Å². The standard InChI is InChI=1S/C55H36N2/c1-4-18-38(19-5-1)52-36-53(57-54(56-52)48-29-16-20-37-17-10-11-25-42(37)48)47-33-32-43(44-26-12-13-27-45(44)47)39-31-34-51-49(35-39)46-28-14-15-30-50(46)55(51,40-21-6-2-7-22-40)41-23-8-3-9-24-41/h1-36H. The van der Waals surface area contributed by atoms with E-state index in [0.717, 1.165) is 38.9 Å². The minimum absolute atomic E-state index is 0.426. The van der Waals surface area contributed by atoms with Gasteiger partial charge in [0, 0.05) is 16.7 Å². The van der Waals surface area contributed by atoms with Crippen LogP contribution < -0.4 is 0 Å². The summed E-state index contributed by atoms with van der Waals surface area (Å²) in [6, 6.07) is 78.7. The maximum Gasteiger partial charge on any atom is 0.161 e. The third kappa shape index (κ3) is 5.26. The van der Waals surface area contributed by atoms with Gasteiger partial charge in [0.2, 0.25) is 0 Å². The molecule has 0 saturated carbocycles. The van der Waals surface area contributed by atoms with Gasteiger partial charge in [-0.3, -0.25) is 0 Å². The summed E-state index contributed by atoms with van der Waals surface area (Å²) in [6.07, 6.45) is 0. The molecular formula is C55H36N2. The van der Waals surface area contributed by atoms with Crippen molar-refractivity contribution in [3.8, 4) is 56.2 Å². The highest BCUT2D eigenvalue weighted by Crippen LogP contribution is 2.56. The smallest absolute Gasteiger partial charge is 0.161 e. The second-order valence-electron chi connectivity index (χ2n) is 14.8. The fourth-order valence-electron chi connectivity index (χ4n) is 9.27. The minimum Gasteiger partial charge on any atom is -0.228 e. The first-order valence-corrected chi connectivity index (χ1v) is 19.6. The lowest BCUT2D eigenvalue weighted by Crippen LogP contribution is -2.28. The third-order valence-electron chi connectivity index (χ3n) is 11.8. The summed E-state index contributed by atoms with van der Waals surface area (Å²) in [5.74, 6) is 0.717. The van der Waals surface area contributed by atoms with Gasteiger partial charge in [-0.25, -0.2) is 9.97 Å². The van der Waals surface area contributed by atoms with Crippen LogP contribution in [0.3, 0.4) is 0 Å². The van der Waals surface area contributed by atoms with E-state index in [9.17, 15) is 0 Å². The van der Waals surface area contributed by atoms with E-state index in [4.69, 9.17) is 9.97 Å². The molecule has 0 radical (unpaired) electrons. The number of nitrogens with zero attached hydrogens (tertiary/aromatic N) is 2. The van der Waals surface area contributed by atoms with E-state index >= 15 is 0 Å². The molecule has 2 heteroatoms. The normalized spacial score (nSPS) is 12.7. The van der Waals surface area contributed by atoms with Crippen molar-refractivity contribution in [2.24, 2.45) is 0 Å². The van der Waals surface area contributed by atoms with Gasteiger partial charge >= 0.3 is 0 Å². The van der Waals surface area contributed by atoms with Gasteiger partial charge in [-0.2, -0.15) is 0 Å². The van der Waals surface area contributed by atoms with Crippen molar-refractivity contribution in [2.75, 3.05) is 0 Å². The van der Waals surface area contributed by atoms with Gasteiger partial charge in [0.05, 0.1) is 16.8 Å². The second-order valence-corrected chi connectivity index (χ2v) is 14.8. The van der Waals surface area contributed by atoms with Crippen molar-refractivity contribution in [3.05, 3.63) is 241 Å². The lowest BCUT2D eigenvalue weighted by Gasteiger charge is -2.33. The zero-order valence-corrected chi connectivity index (χ0v) is 31.2. The summed E-state index contributed by atoms with van der Waals surface area (Å²) in [7, 11) is 0. The van der Waals surface area contributed by atoms with Gasteiger partial charge in [0.25, 0.3) is 0 Å². The van der Waals surface area contributed by atoms with Crippen molar-refractivity contribution < 1.29 is 0 Å². The lowest BCUT2D eigenvalue weighted by atomic mass is 9.67. The lowest BCUT2D eigenvalue weighted by molar-refractivity contribution is 0.768. The molecule has 266 valence electrons. The zero-order valence-electron chi connectivity index (χ0n) is 31.2. The van der Waals surface area contributed by atoms with Crippen LogP contribution in [0.15, 0.2) is 218 Å². The fourth-order valence-corrected chi connectivity index (χ4v) is 9.27. The van der Waals surface area contributed by atoms with Crippen molar-refractivity contribution in [1.29, 1.82) is 0 Å². The van der Waals surface area contributed by atoms with E-state index < -0.39 is 5.41 Å². The first-order valence-electron chi connectivity index (χ1n) is 19.6. The Morgan fingerprint density at radius 3 is 1.60 bits per heavy atom. The SMILES string of the molecule is c1ccc(-c2cc(-c3ccc(-c4ccc5c(c4)-c4ccccc4C5(c4ccccc4)c4ccccc4)c4ccccc34)nc(-c3cccc4ccccc34)n2)cc1. The Kier molecular flexibility index (Phi) is 7.75. The topological polar surface area (TPSA) is 25.8 Å². The highest BCUT2D eigenvalue weighted by atomic mass is 14.9. The second kappa shape index (κ2) is 13.4. The summed E-state index contributed by atoms with van der Waals surface area (Å²) in [5.41, 5.74) is 14.6. The van der Waals surface area contributed by atoms with Gasteiger partial charge in [0.1, 0.15) is 0 Å². The van der Waals surface area contributed by atoms with Crippen molar-refractivity contribution in [3.63, 3.8) is 0 Å². The van der Waals surface area contributed by atoms with Gasteiger partial charge < -0.3 is 0 Å². The van der Waals surface area contributed by atoms with Crippen LogP contribution in [0.25, 0.3) is 77.7 Å². The van der Waals surface area contributed by atoms with Crippen LogP contribution in [0, 0.1) is 0 Å².